The van der Waals surface area contributed by atoms with Crippen molar-refractivity contribution < 1.29 is 28.3 Å². The Bertz CT molecular complexity index is 1130. The van der Waals surface area contributed by atoms with E-state index in [2.05, 4.69) is 10.3 Å². The summed E-state index contributed by atoms with van der Waals surface area (Å²) in [6, 6.07) is 4.89. The predicted octanol–water partition coefficient (Wildman–Crippen LogP) is 4.13. The molecule has 0 spiro atoms. The Morgan fingerprint density at radius 2 is 1.97 bits per heavy atom. The second kappa shape index (κ2) is 9.30. The smallest absolute Gasteiger partial charge is 0.341 e. The van der Waals surface area contributed by atoms with E-state index in [0.717, 1.165) is 42.5 Å². The monoisotopic (exact) mass is 442 g/mol. The van der Waals surface area contributed by atoms with Gasteiger partial charge in [0.1, 0.15) is 10.5 Å². The lowest BCUT2D eigenvalue weighted by Crippen LogP contribution is -2.22. The first-order valence-electron chi connectivity index (χ1n) is 10.2. The highest BCUT2D eigenvalue weighted by atomic mass is 32.1. The van der Waals surface area contributed by atoms with Crippen LogP contribution < -0.4 is 5.32 Å². The lowest BCUT2D eigenvalue weighted by atomic mass is 10.1. The van der Waals surface area contributed by atoms with Crippen molar-refractivity contribution in [3.8, 4) is 0 Å². The number of nitrogens with zero attached hydrogens (tertiary/aromatic N) is 1. The van der Waals surface area contributed by atoms with Gasteiger partial charge in [0.15, 0.2) is 18.6 Å². The SMILES string of the molecule is CCOC(=O)c1c(NC(=O)COC(=O)c2cccc3ocnc23)sc2c1CCCCC2. The lowest BCUT2D eigenvalue weighted by molar-refractivity contribution is -0.119. The molecule has 0 radical (unpaired) electrons. The van der Waals surface area contributed by atoms with Crippen LogP contribution in [0.2, 0.25) is 0 Å². The first kappa shape index (κ1) is 21.0. The molecular formula is C22H22N2O6S. The topological polar surface area (TPSA) is 108 Å². The summed E-state index contributed by atoms with van der Waals surface area (Å²) >= 11 is 1.40. The zero-order valence-electron chi connectivity index (χ0n) is 17.1. The third kappa shape index (κ3) is 4.46. The van der Waals surface area contributed by atoms with Crippen LogP contribution in [-0.4, -0.2) is 36.0 Å². The van der Waals surface area contributed by atoms with E-state index in [9.17, 15) is 14.4 Å². The number of oxazole rings is 1. The summed E-state index contributed by atoms with van der Waals surface area (Å²) < 4.78 is 15.6. The minimum absolute atomic E-state index is 0.217. The number of carbonyl (C=O) groups excluding carboxylic acids is 3. The fourth-order valence-electron chi connectivity index (χ4n) is 3.67. The summed E-state index contributed by atoms with van der Waals surface area (Å²) in [6.45, 7) is 1.51. The molecule has 4 rings (SSSR count). The van der Waals surface area contributed by atoms with Crippen LogP contribution >= 0.6 is 11.3 Å². The van der Waals surface area contributed by atoms with Gasteiger partial charge in [0, 0.05) is 4.88 Å². The van der Waals surface area contributed by atoms with Gasteiger partial charge in [-0.25, -0.2) is 14.6 Å². The summed E-state index contributed by atoms with van der Waals surface area (Å²) in [4.78, 5) is 42.6. The number of fused-ring (bicyclic) bond motifs is 2. The molecule has 1 aliphatic rings. The van der Waals surface area contributed by atoms with Gasteiger partial charge in [-0.1, -0.05) is 12.5 Å². The second-order valence-corrected chi connectivity index (χ2v) is 8.22. The normalized spacial score (nSPS) is 13.3. The van der Waals surface area contributed by atoms with Crippen LogP contribution in [0.5, 0.6) is 0 Å². The molecule has 1 N–H and O–H groups in total. The summed E-state index contributed by atoms with van der Waals surface area (Å²) in [7, 11) is 0. The molecule has 8 nitrogen and oxygen atoms in total. The Morgan fingerprint density at radius 3 is 2.81 bits per heavy atom. The number of hydrogen-bond donors (Lipinski definition) is 1. The van der Waals surface area contributed by atoms with Crippen LogP contribution in [0.4, 0.5) is 5.00 Å². The van der Waals surface area contributed by atoms with Crippen molar-refractivity contribution in [1.82, 2.24) is 4.98 Å². The van der Waals surface area contributed by atoms with Gasteiger partial charge in [0.25, 0.3) is 5.91 Å². The zero-order chi connectivity index (χ0) is 21.8. The zero-order valence-corrected chi connectivity index (χ0v) is 17.9. The number of ether oxygens (including phenoxy) is 2. The van der Waals surface area contributed by atoms with Crippen molar-refractivity contribution in [1.29, 1.82) is 0 Å². The van der Waals surface area contributed by atoms with Crippen LogP contribution in [0.15, 0.2) is 29.0 Å². The quantitative estimate of drug-likeness (QED) is 0.452. The Morgan fingerprint density at radius 1 is 1.13 bits per heavy atom. The van der Waals surface area contributed by atoms with Crippen molar-refractivity contribution in [2.75, 3.05) is 18.5 Å². The molecule has 2 aromatic heterocycles. The molecule has 0 atom stereocenters. The summed E-state index contributed by atoms with van der Waals surface area (Å²) in [6.07, 6.45) is 6.06. The highest BCUT2D eigenvalue weighted by Crippen LogP contribution is 2.38. The van der Waals surface area contributed by atoms with Gasteiger partial charge in [0.05, 0.1) is 17.7 Å². The molecular weight excluding hydrogens is 420 g/mol. The van der Waals surface area contributed by atoms with Crippen LogP contribution in [0.1, 0.15) is 57.3 Å². The lowest BCUT2D eigenvalue weighted by Gasteiger charge is -2.09. The molecule has 3 aromatic rings. The number of hydrogen-bond acceptors (Lipinski definition) is 8. The van der Waals surface area contributed by atoms with Crippen molar-refractivity contribution in [2.24, 2.45) is 0 Å². The number of anilines is 1. The molecule has 1 aliphatic carbocycles. The highest BCUT2D eigenvalue weighted by molar-refractivity contribution is 7.17. The number of para-hydroxylation sites is 1. The highest BCUT2D eigenvalue weighted by Gasteiger charge is 2.27. The van der Waals surface area contributed by atoms with Crippen LogP contribution in [0, 0.1) is 0 Å². The fourth-order valence-corrected chi connectivity index (χ4v) is 4.97. The molecule has 2 heterocycles. The van der Waals surface area contributed by atoms with E-state index in [1.54, 1.807) is 25.1 Å². The largest absolute Gasteiger partial charge is 0.462 e. The molecule has 0 bridgehead atoms. The number of rotatable bonds is 6. The van der Waals surface area contributed by atoms with Gasteiger partial charge < -0.3 is 19.2 Å². The third-order valence-electron chi connectivity index (χ3n) is 5.07. The van der Waals surface area contributed by atoms with Crippen LogP contribution in [0.25, 0.3) is 11.1 Å². The Labute approximate surface area is 182 Å². The van der Waals surface area contributed by atoms with E-state index in [-0.39, 0.29) is 12.2 Å². The van der Waals surface area contributed by atoms with Crippen molar-refractivity contribution in [3.63, 3.8) is 0 Å². The molecule has 1 aromatic carbocycles. The van der Waals surface area contributed by atoms with E-state index in [1.165, 1.54) is 17.7 Å². The first-order chi connectivity index (χ1) is 15.1. The van der Waals surface area contributed by atoms with E-state index in [1.807, 2.05) is 0 Å². The Balaban J connectivity index is 1.47. The molecule has 31 heavy (non-hydrogen) atoms. The molecule has 9 heteroatoms. The summed E-state index contributed by atoms with van der Waals surface area (Å²) in [5, 5.41) is 3.18. The van der Waals surface area contributed by atoms with Gasteiger partial charge in [-0.15, -0.1) is 11.3 Å². The number of carbonyl (C=O) groups is 3. The molecule has 0 saturated carbocycles. The van der Waals surface area contributed by atoms with Gasteiger partial charge in [-0.3, -0.25) is 4.79 Å². The minimum Gasteiger partial charge on any atom is -0.462 e. The third-order valence-corrected chi connectivity index (χ3v) is 6.28. The number of nitrogens with one attached hydrogen (secondary N) is 1. The van der Waals surface area contributed by atoms with Crippen molar-refractivity contribution >= 4 is 45.3 Å². The average Bonchev–Trinajstić information content (AvgIpc) is 3.30. The maximum atomic E-state index is 12.6. The molecule has 0 saturated heterocycles. The van der Waals surface area contributed by atoms with E-state index in [4.69, 9.17) is 13.9 Å². The second-order valence-electron chi connectivity index (χ2n) is 7.12. The maximum Gasteiger partial charge on any atom is 0.341 e. The van der Waals surface area contributed by atoms with E-state index in [0.29, 0.717) is 21.7 Å². The molecule has 1 amide bonds. The number of aromatic nitrogens is 1. The summed E-state index contributed by atoms with van der Waals surface area (Å²) in [5.41, 5.74) is 2.44. The summed E-state index contributed by atoms with van der Waals surface area (Å²) in [5.74, 6) is -1.64. The molecule has 162 valence electrons. The van der Waals surface area contributed by atoms with Crippen molar-refractivity contribution in [3.05, 3.63) is 46.2 Å². The van der Waals surface area contributed by atoms with Crippen molar-refractivity contribution in [2.45, 2.75) is 39.0 Å². The first-order valence-corrected chi connectivity index (χ1v) is 11.0. The number of amides is 1. The standard InChI is InChI=1S/C22H22N2O6S/c1-2-28-22(27)18-13-7-4-3-5-10-16(13)31-20(18)24-17(25)11-29-21(26)14-8-6-9-15-19(14)23-12-30-15/h6,8-9,12H,2-5,7,10-11H2,1H3,(H,24,25). The molecule has 0 fully saturated rings. The fraction of sp³-hybridized carbons (Fsp3) is 0.364. The number of benzene rings is 1. The number of aryl methyl sites for hydroxylation is 1. The van der Waals surface area contributed by atoms with Gasteiger partial charge >= 0.3 is 11.9 Å². The van der Waals surface area contributed by atoms with Crippen LogP contribution in [0.3, 0.4) is 0 Å². The van der Waals surface area contributed by atoms with Gasteiger partial charge in [-0.05, 0) is 50.3 Å². The number of esters is 2. The average molecular weight is 442 g/mol. The molecule has 0 unspecified atom stereocenters. The maximum absolute atomic E-state index is 12.6. The Hall–Kier alpha value is -3.20. The Kier molecular flexibility index (Phi) is 6.31. The predicted molar refractivity (Wildman–Crippen MR) is 114 cm³/mol. The van der Waals surface area contributed by atoms with Gasteiger partial charge in [-0.2, -0.15) is 0 Å². The van der Waals surface area contributed by atoms with E-state index >= 15 is 0 Å². The van der Waals surface area contributed by atoms with E-state index < -0.39 is 24.5 Å². The minimum atomic E-state index is -0.678. The molecule has 0 aliphatic heterocycles. The van der Waals surface area contributed by atoms with Crippen LogP contribution in [-0.2, 0) is 27.1 Å². The number of thiophene rings is 1. The van der Waals surface area contributed by atoms with Gasteiger partial charge in [0.2, 0.25) is 0 Å².